The fraction of sp³-hybridized carbons (Fsp3) is 0.350. The summed E-state index contributed by atoms with van der Waals surface area (Å²) >= 11 is 12.1. The number of rotatable bonds is 4. The highest BCUT2D eigenvalue weighted by molar-refractivity contribution is 6.36. The van der Waals surface area contributed by atoms with Gasteiger partial charge in [-0.1, -0.05) is 53.5 Å². The summed E-state index contributed by atoms with van der Waals surface area (Å²) in [5, 5.41) is 0.956. The van der Waals surface area contributed by atoms with E-state index in [2.05, 4.69) is 36.1 Å². The molecule has 1 saturated heterocycles. The number of carbonyl (C=O) groups is 1. The number of hydrogen-bond acceptors (Lipinski definition) is 2. The third kappa shape index (κ3) is 4.55. The average molecular weight is 377 g/mol. The van der Waals surface area contributed by atoms with Gasteiger partial charge >= 0.3 is 0 Å². The smallest absolute Gasteiger partial charge is 0.255 e. The third-order valence-corrected chi connectivity index (χ3v) is 5.29. The van der Waals surface area contributed by atoms with E-state index in [0.29, 0.717) is 28.2 Å². The van der Waals surface area contributed by atoms with Gasteiger partial charge in [0.25, 0.3) is 5.91 Å². The van der Waals surface area contributed by atoms with Crippen LogP contribution < -0.4 is 0 Å². The summed E-state index contributed by atoms with van der Waals surface area (Å²) in [5.41, 5.74) is 1.87. The van der Waals surface area contributed by atoms with Crippen molar-refractivity contribution in [3.63, 3.8) is 0 Å². The molecule has 3 rings (SSSR count). The molecule has 0 radical (unpaired) electrons. The first-order chi connectivity index (χ1) is 12.0. The lowest BCUT2D eigenvalue weighted by Gasteiger charge is -2.40. The number of hydrogen-bond donors (Lipinski definition) is 0. The highest BCUT2D eigenvalue weighted by atomic mass is 35.5. The Morgan fingerprint density at radius 2 is 1.88 bits per heavy atom. The number of amides is 1. The molecule has 0 aliphatic carbocycles. The second-order valence-corrected chi connectivity index (χ2v) is 7.34. The molecule has 25 heavy (non-hydrogen) atoms. The summed E-state index contributed by atoms with van der Waals surface area (Å²) in [6, 6.07) is 15.9. The Morgan fingerprint density at radius 3 is 2.56 bits per heavy atom. The van der Waals surface area contributed by atoms with Crippen LogP contribution >= 0.6 is 23.2 Å². The fourth-order valence-corrected chi connectivity index (χ4v) is 3.75. The highest BCUT2D eigenvalue weighted by Gasteiger charge is 2.27. The maximum atomic E-state index is 12.7. The molecule has 1 heterocycles. The standard InChI is InChI=1S/C20H22Cl2N2O/c1-15-14-24(20(25)18-8-7-17(21)13-19(18)22)12-11-23(15)10-9-16-5-3-2-4-6-16/h2-8,13,15H,9-12,14H2,1H3. The summed E-state index contributed by atoms with van der Waals surface area (Å²) in [4.78, 5) is 17.1. The molecule has 0 saturated carbocycles. The predicted molar refractivity (Wildman–Crippen MR) is 104 cm³/mol. The predicted octanol–water partition coefficient (Wildman–Crippen LogP) is 4.38. The first-order valence-electron chi connectivity index (χ1n) is 8.57. The van der Waals surface area contributed by atoms with Gasteiger partial charge in [-0.15, -0.1) is 0 Å². The van der Waals surface area contributed by atoms with Crippen LogP contribution in [-0.4, -0.2) is 47.9 Å². The van der Waals surface area contributed by atoms with E-state index in [1.165, 1.54) is 5.56 Å². The highest BCUT2D eigenvalue weighted by Crippen LogP contribution is 2.23. The van der Waals surface area contributed by atoms with E-state index in [-0.39, 0.29) is 5.91 Å². The maximum absolute atomic E-state index is 12.7. The van der Waals surface area contributed by atoms with Gasteiger partial charge in [0.1, 0.15) is 0 Å². The summed E-state index contributed by atoms with van der Waals surface area (Å²) in [6.07, 6.45) is 1.03. The normalized spacial score (nSPS) is 18.4. The van der Waals surface area contributed by atoms with E-state index in [0.717, 1.165) is 26.1 Å². The third-order valence-electron chi connectivity index (χ3n) is 4.74. The Bertz CT molecular complexity index is 736. The Labute approximate surface area is 159 Å². The number of benzene rings is 2. The van der Waals surface area contributed by atoms with Crippen LogP contribution in [0.3, 0.4) is 0 Å². The molecule has 5 heteroatoms. The van der Waals surface area contributed by atoms with E-state index >= 15 is 0 Å². The van der Waals surface area contributed by atoms with Crippen molar-refractivity contribution in [2.24, 2.45) is 0 Å². The SMILES string of the molecule is CC1CN(C(=O)c2ccc(Cl)cc2Cl)CCN1CCc1ccccc1. The van der Waals surface area contributed by atoms with Gasteiger partial charge in [0, 0.05) is 37.2 Å². The van der Waals surface area contributed by atoms with Crippen molar-refractivity contribution < 1.29 is 4.79 Å². The Hall–Kier alpha value is -1.55. The second-order valence-electron chi connectivity index (χ2n) is 6.50. The van der Waals surface area contributed by atoms with Crippen LogP contribution in [0.5, 0.6) is 0 Å². The van der Waals surface area contributed by atoms with Crippen molar-refractivity contribution in [2.45, 2.75) is 19.4 Å². The van der Waals surface area contributed by atoms with Crippen LogP contribution in [0.25, 0.3) is 0 Å². The van der Waals surface area contributed by atoms with Crippen LogP contribution in [0, 0.1) is 0 Å². The van der Waals surface area contributed by atoms with Gasteiger partial charge in [0.05, 0.1) is 10.6 Å². The quantitative estimate of drug-likeness (QED) is 0.790. The molecule has 1 unspecified atom stereocenters. The molecule has 1 aliphatic heterocycles. The van der Waals surface area contributed by atoms with Gasteiger partial charge in [0.2, 0.25) is 0 Å². The minimum Gasteiger partial charge on any atom is -0.336 e. The van der Waals surface area contributed by atoms with Crippen molar-refractivity contribution >= 4 is 29.1 Å². The maximum Gasteiger partial charge on any atom is 0.255 e. The second kappa shape index (κ2) is 8.22. The number of nitrogens with zero attached hydrogens (tertiary/aromatic N) is 2. The van der Waals surface area contributed by atoms with E-state index < -0.39 is 0 Å². The number of carbonyl (C=O) groups excluding carboxylic acids is 1. The first kappa shape index (κ1) is 18.2. The zero-order valence-electron chi connectivity index (χ0n) is 14.3. The molecular formula is C20H22Cl2N2O. The molecule has 0 bridgehead atoms. The minimum absolute atomic E-state index is 0.0174. The van der Waals surface area contributed by atoms with Crippen molar-refractivity contribution in [3.05, 3.63) is 69.7 Å². The minimum atomic E-state index is -0.0174. The molecule has 132 valence electrons. The molecule has 2 aromatic carbocycles. The molecule has 1 amide bonds. The molecule has 1 atom stereocenters. The van der Waals surface area contributed by atoms with Crippen molar-refractivity contribution in [1.29, 1.82) is 0 Å². The lowest BCUT2D eigenvalue weighted by Crippen LogP contribution is -2.54. The van der Waals surface area contributed by atoms with Crippen molar-refractivity contribution in [2.75, 3.05) is 26.2 Å². The lowest BCUT2D eigenvalue weighted by molar-refractivity contribution is 0.0518. The topological polar surface area (TPSA) is 23.6 Å². The molecule has 1 aliphatic rings. The van der Waals surface area contributed by atoms with Crippen LogP contribution in [0.4, 0.5) is 0 Å². The Balaban J connectivity index is 1.58. The molecule has 0 spiro atoms. The Kier molecular flexibility index (Phi) is 6.00. The summed E-state index contributed by atoms with van der Waals surface area (Å²) in [6.45, 7) is 5.50. The van der Waals surface area contributed by atoms with Crippen LogP contribution in [-0.2, 0) is 6.42 Å². The molecule has 1 fully saturated rings. The van der Waals surface area contributed by atoms with Gasteiger partial charge in [0.15, 0.2) is 0 Å². The van der Waals surface area contributed by atoms with E-state index in [1.54, 1.807) is 18.2 Å². The number of piperazine rings is 1. The van der Waals surface area contributed by atoms with Gasteiger partial charge in [-0.3, -0.25) is 9.69 Å². The van der Waals surface area contributed by atoms with E-state index in [1.807, 2.05) is 11.0 Å². The Morgan fingerprint density at radius 1 is 1.12 bits per heavy atom. The van der Waals surface area contributed by atoms with E-state index in [4.69, 9.17) is 23.2 Å². The monoisotopic (exact) mass is 376 g/mol. The van der Waals surface area contributed by atoms with Crippen LogP contribution in [0.15, 0.2) is 48.5 Å². The molecule has 3 nitrogen and oxygen atoms in total. The first-order valence-corrected chi connectivity index (χ1v) is 9.32. The molecule has 2 aromatic rings. The zero-order valence-corrected chi connectivity index (χ0v) is 15.8. The average Bonchev–Trinajstić information content (AvgIpc) is 2.61. The summed E-state index contributed by atoms with van der Waals surface area (Å²) in [7, 11) is 0. The van der Waals surface area contributed by atoms with Crippen LogP contribution in [0.2, 0.25) is 10.0 Å². The summed E-state index contributed by atoms with van der Waals surface area (Å²) in [5.74, 6) is -0.0174. The lowest BCUT2D eigenvalue weighted by atomic mass is 10.1. The van der Waals surface area contributed by atoms with Gasteiger partial charge in [-0.05, 0) is 37.1 Å². The molecule has 0 N–H and O–H groups in total. The van der Waals surface area contributed by atoms with Gasteiger partial charge < -0.3 is 4.90 Å². The van der Waals surface area contributed by atoms with Gasteiger partial charge in [-0.25, -0.2) is 0 Å². The number of halogens is 2. The van der Waals surface area contributed by atoms with Crippen LogP contribution in [0.1, 0.15) is 22.8 Å². The largest absolute Gasteiger partial charge is 0.336 e. The fourth-order valence-electron chi connectivity index (χ4n) is 3.26. The van der Waals surface area contributed by atoms with E-state index in [9.17, 15) is 4.79 Å². The summed E-state index contributed by atoms with van der Waals surface area (Å²) < 4.78 is 0. The molecular weight excluding hydrogens is 355 g/mol. The van der Waals surface area contributed by atoms with Crippen molar-refractivity contribution in [1.82, 2.24) is 9.80 Å². The zero-order chi connectivity index (χ0) is 17.8. The molecule has 0 aromatic heterocycles. The van der Waals surface area contributed by atoms with Gasteiger partial charge in [-0.2, -0.15) is 0 Å². The van der Waals surface area contributed by atoms with Crippen molar-refractivity contribution in [3.8, 4) is 0 Å².